The van der Waals surface area contributed by atoms with E-state index in [1.807, 2.05) is 43.3 Å². The molecule has 0 saturated carbocycles. The molecule has 144 valence electrons. The molecule has 0 aliphatic heterocycles. The smallest absolute Gasteiger partial charge is 0.332 e. The normalized spacial score (nSPS) is 11.8. The Balaban J connectivity index is 2.15. The summed E-state index contributed by atoms with van der Waals surface area (Å²) in [4.78, 5) is 29.2. The van der Waals surface area contributed by atoms with E-state index in [4.69, 9.17) is 4.52 Å². The van der Waals surface area contributed by atoms with Gasteiger partial charge in [0.15, 0.2) is 11.4 Å². The molecule has 3 aromatic rings. The van der Waals surface area contributed by atoms with E-state index in [0.29, 0.717) is 18.1 Å². The van der Waals surface area contributed by atoms with Crippen LogP contribution in [0.4, 0.5) is 5.82 Å². The highest BCUT2D eigenvalue weighted by Gasteiger charge is 2.24. The molecule has 9 heteroatoms. The molecular weight excluding hydrogens is 360 g/mol. The lowest BCUT2D eigenvalue weighted by Crippen LogP contribution is -2.40. The van der Waals surface area contributed by atoms with Gasteiger partial charge in [0.2, 0.25) is 5.89 Å². The van der Waals surface area contributed by atoms with Crippen LogP contribution >= 0.6 is 0 Å². The van der Waals surface area contributed by atoms with Gasteiger partial charge in [0, 0.05) is 20.5 Å². The van der Waals surface area contributed by atoms with E-state index < -0.39 is 17.3 Å². The van der Waals surface area contributed by atoms with Gasteiger partial charge < -0.3 is 9.84 Å². The summed E-state index contributed by atoms with van der Waals surface area (Å²) in [5.41, 5.74) is -0.580. The minimum absolute atomic E-state index is 0.103. The van der Waals surface area contributed by atoms with Crippen LogP contribution in [0.3, 0.4) is 0 Å². The van der Waals surface area contributed by atoms with Crippen LogP contribution in [0.1, 0.15) is 42.2 Å². The van der Waals surface area contributed by atoms with E-state index in [0.717, 1.165) is 16.6 Å². The van der Waals surface area contributed by atoms with Crippen molar-refractivity contribution >= 4 is 5.82 Å². The Morgan fingerprint density at radius 2 is 1.93 bits per heavy atom. The third-order valence-electron chi connectivity index (χ3n) is 4.40. The highest BCUT2D eigenvalue weighted by Crippen LogP contribution is 2.25. The van der Waals surface area contributed by atoms with Crippen molar-refractivity contribution in [1.82, 2.24) is 19.3 Å². The van der Waals surface area contributed by atoms with Crippen LogP contribution in [0.5, 0.6) is 0 Å². The Bertz CT molecular complexity index is 1140. The molecule has 0 aliphatic carbocycles. The number of nitriles is 1. The largest absolute Gasteiger partial charge is 0.356 e. The Morgan fingerprint density at radius 1 is 1.21 bits per heavy atom. The number of aromatic nitrogens is 4. The van der Waals surface area contributed by atoms with Crippen LogP contribution in [0.2, 0.25) is 0 Å². The van der Waals surface area contributed by atoms with Gasteiger partial charge in [-0.3, -0.25) is 13.9 Å². The van der Waals surface area contributed by atoms with Gasteiger partial charge in [0.1, 0.15) is 17.9 Å². The highest BCUT2D eigenvalue weighted by molar-refractivity contribution is 5.53. The van der Waals surface area contributed by atoms with E-state index in [1.165, 1.54) is 18.7 Å². The molecule has 0 radical (unpaired) electrons. The molecule has 1 N–H and O–H groups in total. The number of nitrogens with one attached hydrogen (secondary N) is 1. The average Bonchev–Trinajstić information content (AvgIpc) is 3.17. The number of hydrogen-bond acceptors (Lipinski definition) is 7. The van der Waals surface area contributed by atoms with Gasteiger partial charge in [-0.15, -0.1) is 0 Å². The molecule has 1 atom stereocenters. The topological polar surface area (TPSA) is 119 Å². The lowest BCUT2D eigenvalue weighted by molar-refractivity contribution is 0.371. The second-order valence-electron chi connectivity index (χ2n) is 6.33. The second kappa shape index (κ2) is 7.92. The van der Waals surface area contributed by atoms with Crippen molar-refractivity contribution in [2.45, 2.75) is 25.8 Å². The van der Waals surface area contributed by atoms with E-state index in [-0.39, 0.29) is 11.4 Å². The zero-order valence-electron chi connectivity index (χ0n) is 15.8. The second-order valence-corrected chi connectivity index (χ2v) is 6.33. The van der Waals surface area contributed by atoms with Crippen molar-refractivity contribution in [3.63, 3.8) is 0 Å². The summed E-state index contributed by atoms with van der Waals surface area (Å²) in [6.45, 7) is 2.01. The fraction of sp³-hybridized carbons (Fsp3) is 0.316. The predicted molar refractivity (Wildman–Crippen MR) is 102 cm³/mol. The number of nitrogens with zero attached hydrogens (tertiary/aromatic N) is 5. The Morgan fingerprint density at radius 3 is 2.57 bits per heavy atom. The molecule has 1 aromatic carbocycles. The molecule has 0 saturated heterocycles. The van der Waals surface area contributed by atoms with Crippen LogP contribution in [0.15, 0.2) is 44.4 Å². The average molecular weight is 380 g/mol. The molecule has 2 heterocycles. The zero-order valence-corrected chi connectivity index (χ0v) is 15.8. The van der Waals surface area contributed by atoms with Crippen molar-refractivity contribution < 1.29 is 4.52 Å². The Hall–Kier alpha value is -3.67. The summed E-state index contributed by atoms with van der Waals surface area (Å²) in [5.74, 6) is 0.955. The van der Waals surface area contributed by atoms with E-state index in [2.05, 4.69) is 15.5 Å². The molecule has 0 bridgehead atoms. The van der Waals surface area contributed by atoms with Gasteiger partial charge in [-0.1, -0.05) is 42.4 Å². The van der Waals surface area contributed by atoms with Crippen molar-refractivity contribution in [3.8, 4) is 6.07 Å². The molecule has 0 aliphatic rings. The number of anilines is 1. The van der Waals surface area contributed by atoms with Crippen molar-refractivity contribution in [3.05, 3.63) is 74.0 Å². The molecule has 2 aromatic heterocycles. The maximum atomic E-state index is 12.4. The molecular formula is C19H20N6O3. The first-order valence-corrected chi connectivity index (χ1v) is 8.82. The van der Waals surface area contributed by atoms with E-state index in [9.17, 15) is 14.9 Å². The third kappa shape index (κ3) is 3.44. The summed E-state index contributed by atoms with van der Waals surface area (Å²) in [7, 11) is 2.83. The predicted octanol–water partition coefficient (Wildman–Crippen LogP) is 1.49. The van der Waals surface area contributed by atoms with E-state index in [1.54, 1.807) is 0 Å². The quantitative estimate of drug-likeness (QED) is 0.688. The minimum Gasteiger partial charge on any atom is -0.356 e. The highest BCUT2D eigenvalue weighted by atomic mass is 16.5. The number of benzene rings is 1. The summed E-state index contributed by atoms with van der Waals surface area (Å²) < 4.78 is 7.42. The van der Waals surface area contributed by atoms with Crippen LogP contribution in [0.25, 0.3) is 0 Å². The molecule has 3 rings (SSSR count). The van der Waals surface area contributed by atoms with Gasteiger partial charge >= 0.3 is 5.69 Å². The van der Waals surface area contributed by atoms with Crippen molar-refractivity contribution in [2.75, 3.05) is 5.32 Å². The first-order valence-electron chi connectivity index (χ1n) is 8.82. The fourth-order valence-electron chi connectivity index (χ4n) is 2.89. The van der Waals surface area contributed by atoms with Gasteiger partial charge in [0.05, 0.1) is 0 Å². The number of hydrogen-bond donors (Lipinski definition) is 1. The lowest BCUT2D eigenvalue weighted by Gasteiger charge is -2.20. The summed E-state index contributed by atoms with van der Waals surface area (Å²) in [5, 5.41) is 16.7. The number of aryl methyl sites for hydroxylation is 1. The Labute approximate surface area is 160 Å². The maximum absolute atomic E-state index is 12.4. The molecule has 28 heavy (non-hydrogen) atoms. The molecule has 0 spiro atoms. The molecule has 0 fully saturated rings. The summed E-state index contributed by atoms with van der Waals surface area (Å²) in [6.07, 6.45) is 1.50. The van der Waals surface area contributed by atoms with E-state index >= 15 is 0 Å². The molecule has 9 nitrogen and oxygen atoms in total. The van der Waals surface area contributed by atoms with Crippen molar-refractivity contribution in [1.29, 1.82) is 5.26 Å². The summed E-state index contributed by atoms with van der Waals surface area (Å²) in [6, 6.07) is 10.6. The third-order valence-corrected chi connectivity index (χ3v) is 4.40. The minimum atomic E-state index is -0.667. The monoisotopic (exact) mass is 380 g/mol. The fourth-order valence-corrected chi connectivity index (χ4v) is 2.89. The van der Waals surface area contributed by atoms with Gasteiger partial charge in [0.25, 0.3) is 5.56 Å². The van der Waals surface area contributed by atoms with Gasteiger partial charge in [-0.05, 0) is 12.0 Å². The van der Waals surface area contributed by atoms with Gasteiger partial charge in [-0.2, -0.15) is 10.2 Å². The van der Waals surface area contributed by atoms with Crippen LogP contribution < -0.4 is 16.6 Å². The van der Waals surface area contributed by atoms with Crippen LogP contribution in [-0.2, 0) is 20.5 Å². The first-order chi connectivity index (χ1) is 13.5. The first kappa shape index (κ1) is 19.1. The number of rotatable bonds is 6. The van der Waals surface area contributed by atoms with Gasteiger partial charge in [-0.25, -0.2) is 4.79 Å². The maximum Gasteiger partial charge on any atom is 0.332 e. The lowest BCUT2D eigenvalue weighted by atomic mass is 10.1. The molecule has 0 amide bonds. The standard InChI is InChI=1S/C19H20N6O3/c1-4-8-14-21-16(23-28-14)15(12-9-6-5-7-10-12)22-17-13(11-20)18(26)25(3)19(27)24(17)2/h5-7,9-10,15,22H,4,8H2,1-3H3. The zero-order chi connectivity index (χ0) is 20.3. The summed E-state index contributed by atoms with van der Waals surface area (Å²) >= 11 is 0. The SMILES string of the molecule is CCCc1nc(C(Nc2c(C#N)c(=O)n(C)c(=O)n2C)c2ccccc2)no1. The van der Waals surface area contributed by atoms with Crippen LogP contribution in [-0.4, -0.2) is 19.3 Å². The van der Waals surface area contributed by atoms with Crippen LogP contribution in [0, 0.1) is 11.3 Å². The Kier molecular flexibility index (Phi) is 5.40. The molecule has 1 unspecified atom stereocenters. The van der Waals surface area contributed by atoms with Crippen molar-refractivity contribution in [2.24, 2.45) is 14.1 Å².